The van der Waals surface area contributed by atoms with E-state index >= 15 is 0 Å². The first-order chi connectivity index (χ1) is 17.0. The van der Waals surface area contributed by atoms with Gasteiger partial charge in [0.15, 0.2) is 5.65 Å². The quantitative estimate of drug-likeness (QED) is 0.514. The molecule has 0 amide bonds. The molecule has 2 bridgehead atoms. The van der Waals surface area contributed by atoms with Gasteiger partial charge in [0.25, 0.3) is 0 Å². The summed E-state index contributed by atoms with van der Waals surface area (Å²) >= 11 is 0. The number of nitrogens with zero attached hydrogens (tertiary/aromatic N) is 5. The second-order valence-corrected chi connectivity index (χ2v) is 10.6. The average Bonchev–Trinajstić information content (AvgIpc) is 3.30. The van der Waals surface area contributed by atoms with Crippen molar-refractivity contribution in [2.24, 2.45) is 5.41 Å². The van der Waals surface area contributed by atoms with Gasteiger partial charge in [-0.1, -0.05) is 44.9 Å². The number of rotatable bonds is 1. The van der Waals surface area contributed by atoms with Crippen LogP contribution >= 0.6 is 0 Å². The van der Waals surface area contributed by atoms with Gasteiger partial charge in [-0.3, -0.25) is 0 Å². The molecule has 3 aromatic rings. The molecule has 0 unspecified atom stereocenters. The molecule has 4 heterocycles. The molecule has 0 saturated carbocycles. The lowest BCUT2D eigenvalue weighted by Crippen LogP contribution is -2.42. The third-order valence-electron chi connectivity index (χ3n) is 7.71. The number of likely N-dealkylation sites (tertiary alicyclic amines) is 1. The molecule has 1 aromatic carbocycles. The molecule has 1 spiro atoms. The number of para-hydroxylation sites is 1. The van der Waals surface area contributed by atoms with E-state index in [9.17, 15) is 0 Å². The van der Waals surface area contributed by atoms with E-state index in [0.717, 1.165) is 55.2 Å². The predicted molar refractivity (Wildman–Crippen MR) is 140 cm³/mol. The molecular weight excluding hydrogens is 438 g/mol. The topological polar surface area (TPSA) is 79.6 Å². The van der Waals surface area contributed by atoms with Gasteiger partial charge in [-0.25, -0.2) is 0 Å². The lowest BCUT2D eigenvalue weighted by molar-refractivity contribution is 0.120. The van der Waals surface area contributed by atoms with Crippen LogP contribution in [0.4, 0.5) is 11.9 Å². The summed E-state index contributed by atoms with van der Waals surface area (Å²) in [6.45, 7) is 8.92. The van der Waals surface area contributed by atoms with Crippen LogP contribution in [0.15, 0.2) is 30.5 Å². The summed E-state index contributed by atoms with van der Waals surface area (Å²) in [4.78, 5) is 12.3. The highest BCUT2D eigenvalue weighted by Crippen LogP contribution is 2.37. The first-order valence-electron chi connectivity index (χ1n) is 13.2. The number of benzene rings is 1. The Labute approximate surface area is 208 Å². The minimum Gasteiger partial charge on any atom is -0.493 e. The van der Waals surface area contributed by atoms with E-state index in [2.05, 4.69) is 59.7 Å². The number of hydrogen-bond acceptors (Lipinski definition) is 7. The second-order valence-electron chi connectivity index (χ2n) is 10.6. The molecule has 5 rings (SSSR count). The molecule has 2 aliphatic heterocycles. The largest absolute Gasteiger partial charge is 0.493 e. The smallest absolute Gasteiger partial charge is 0.229 e. The lowest BCUT2D eigenvalue weighted by atomic mass is 9.74. The van der Waals surface area contributed by atoms with E-state index in [-0.39, 0.29) is 5.41 Å². The Kier molecular flexibility index (Phi) is 7.09. The van der Waals surface area contributed by atoms with Gasteiger partial charge < -0.3 is 20.3 Å². The van der Waals surface area contributed by atoms with Crippen LogP contribution < -0.4 is 15.4 Å². The number of piperidine rings is 1. The third-order valence-corrected chi connectivity index (χ3v) is 7.71. The SMILES string of the molecule is CC(C)c1cnn2c3nc(nc12)NCC1(CCCCCOc2ccccc2CN3)CCN(C)CC1. The highest BCUT2D eigenvalue weighted by molar-refractivity contribution is 5.56. The fraction of sp³-hybridized carbons (Fsp3) is 0.593. The van der Waals surface area contributed by atoms with Gasteiger partial charge >= 0.3 is 0 Å². The van der Waals surface area contributed by atoms with Crippen molar-refractivity contribution >= 4 is 17.5 Å². The maximum Gasteiger partial charge on any atom is 0.229 e. The lowest BCUT2D eigenvalue weighted by Gasteiger charge is -2.41. The zero-order valence-electron chi connectivity index (χ0n) is 21.4. The number of anilines is 2. The first kappa shape index (κ1) is 23.9. The van der Waals surface area contributed by atoms with Crippen LogP contribution in [0.5, 0.6) is 5.75 Å². The van der Waals surface area contributed by atoms with E-state index in [0.29, 0.717) is 24.4 Å². The fourth-order valence-electron chi connectivity index (χ4n) is 5.30. The molecule has 188 valence electrons. The van der Waals surface area contributed by atoms with Crippen LogP contribution in [0.2, 0.25) is 0 Å². The minimum absolute atomic E-state index is 0.279. The van der Waals surface area contributed by atoms with Crippen LogP contribution in [0, 0.1) is 5.41 Å². The standard InChI is InChI=1S/C27H39N7O/c1-20(2)22-18-30-34-24(22)31-25-29-19-27(12-14-33(3)15-13-27)11-7-4-8-16-35-23-10-6-5-9-21(23)17-28-26(34)32-25/h5-6,9-10,18,20H,4,7-8,11-17,19H2,1-3H3,(H2,28,29,31,32). The molecule has 2 aromatic heterocycles. The second kappa shape index (κ2) is 10.4. The van der Waals surface area contributed by atoms with Gasteiger partial charge in [-0.05, 0) is 63.2 Å². The molecule has 1 saturated heterocycles. The number of aromatic nitrogens is 4. The molecule has 2 aliphatic rings. The van der Waals surface area contributed by atoms with E-state index in [4.69, 9.17) is 14.7 Å². The number of fused-ring (bicyclic) bond motifs is 5. The summed E-state index contributed by atoms with van der Waals surface area (Å²) in [6.07, 6.45) is 9.05. The van der Waals surface area contributed by atoms with E-state index in [1.54, 1.807) is 0 Å². The molecule has 8 heteroatoms. The monoisotopic (exact) mass is 477 g/mol. The summed E-state index contributed by atoms with van der Waals surface area (Å²) in [5.74, 6) is 2.64. The van der Waals surface area contributed by atoms with Gasteiger partial charge in [0, 0.05) is 24.2 Å². The average molecular weight is 478 g/mol. The van der Waals surface area contributed by atoms with Crippen LogP contribution in [-0.4, -0.2) is 57.8 Å². The van der Waals surface area contributed by atoms with Gasteiger partial charge in [0.2, 0.25) is 11.9 Å². The van der Waals surface area contributed by atoms with Crippen LogP contribution in [0.25, 0.3) is 5.65 Å². The van der Waals surface area contributed by atoms with Crippen LogP contribution in [0.3, 0.4) is 0 Å². The maximum absolute atomic E-state index is 6.20. The van der Waals surface area contributed by atoms with Crippen molar-refractivity contribution in [2.75, 3.05) is 43.9 Å². The Bertz CT molecular complexity index is 1130. The molecule has 2 N–H and O–H groups in total. The summed E-state index contributed by atoms with van der Waals surface area (Å²) in [6, 6.07) is 8.25. The molecule has 0 aliphatic carbocycles. The highest BCUT2D eigenvalue weighted by Gasteiger charge is 2.33. The Balaban J connectivity index is 1.49. The molecule has 35 heavy (non-hydrogen) atoms. The van der Waals surface area contributed by atoms with Crippen LogP contribution in [0.1, 0.15) is 69.4 Å². The van der Waals surface area contributed by atoms with Gasteiger partial charge in [0.1, 0.15) is 5.75 Å². The molecule has 8 nitrogen and oxygen atoms in total. The Morgan fingerprint density at radius 2 is 1.83 bits per heavy atom. The van der Waals surface area contributed by atoms with E-state index < -0.39 is 0 Å². The van der Waals surface area contributed by atoms with Crippen molar-refractivity contribution < 1.29 is 4.74 Å². The number of ether oxygens (including phenoxy) is 1. The maximum atomic E-state index is 6.20. The zero-order chi connectivity index (χ0) is 24.3. The van der Waals surface area contributed by atoms with Crippen LogP contribution in [-0.2, 0) is 6.54 Å². The Hall–Kier alpha value is -2.87. The molecule has 0 atom stereocenters. The minimum atomic E-state index is 0.279. The van der Waals surface area contributed by atoms with Gasteiger partial charge in [-0.2, -0.15) is 19.6 Å². The van der Waals surface area contributed by atoms with Crippen molar-refractivity contribution in [1.29, 1.82) is 0 Å². The van der Waals surface area contributed by atoms with Crippen molar-refractivity contribution in [3.05, 3.63) is 41.6 Å². The van der Waals surface area contributed by atoms with E-state index in [1.165, 1.54) is 32.1 Å². The molecule has 0 radical (unpaired) electrons. The van der Waals surface area contributed by atoms with Crippen molar-refractivity contribution in [3.8, 4) is 5.75 Å². The summed E-state index contributed by atoms with van der Waals surface area (Å²) in [7, 11) is 2.23. The van der Waals surface area contributed by atoms with Gasteiger partial charge in [-0.15, -0.1) is 0 Å². The molecular formula is C27H39N7O. The summed E-state index contributed by atoms with van der Waals surface area (Å²) in [5, 5.41) is 11.8. The fourth-order valence-corrected chi connectivity index (χ4v) is 5.30. The normalized spacial score (nSPS) is 19.7. The third kappa shape index (κ3) is 5.37. The predicted octanol–water partition coefficient (Wildman–Crippen LogP) is 4.94. The first-order valence-corrected chi connectivity index (χ1v) is 13.2. The van der Waals surface area contributed by atoms with Crippen molar-refractivity contribution in [1.82, 2.24) is 24.5 Å². The Morgan fingerprint density at radius 1 is 1.00 bits per heavy atom. The Morgan fingerprint density at radius 3 is 2.66 bits per heavy atom. The number of hydrogen-bond donors (Lipinski definition) is 2. The summed E-state index contributed by atoms with van der Waals surface area (Å²) < 4.78 is 8.04. The van der Waals surface area contributed by atoms with Crippen molar-refractivity contribution in [2.45, 2.75) is 64.8 Å². The van der Waals surface area contributed by atoms with Gasteiger partial charge in [0.05, 0.1) is 12.8 Å². The summed E-state index contributed by atoms with van der Waals surface area (Å²) in [5.41, 5.74) is 3.39. The zero-order valence-corrected chi connectivity index (χ0v) is 21.4. The van der Waals surface area contributed by atoms with Crippen molar-refractivity contribution in [3.63, 3.8) is 0 Å². The molecule has 1 fully saturated rings. The van der Waals surface area contributed by atoms with E-state index in [1.807, 2.05) is 16.8 Å². The highest BCUT2D eigenvalue weighted by atomic mass is 16.5. The number of nitrogens with one attached hydrogen (secondary N) is 2.